The number of hydrogen-bond donors (Lipinski definition) is 1. The van der Waals surface area contributed by atoms with Crippen LogP contribution >= 0.6 is 0 Å². The van der Waals surface area contributed by atoms with Crippen molar-refractivity contribution in [3.63, 3.8) is 0 Å². The maximum absolute atomic E-state index is 12.8. The van der Waals surface area contributed by atoms with Gasteiger partial charge in [0.1, 0.15) is 0 Å². The zero-order chi connectivity index (χ0) is 22.9. The van der Waals surface area contributed by atoms with E-state index in [0.29, 0.717) is 17.7 Å². The van der Waals surface area contributed by atoms with Crippen LogP contribution in [-0.2, 0) is 20.1 Å². The minimum absolute atomic E-state index is 0.402. The number of aromatic nitrogens is 4. The highest BCUT2D eigenvalue weighted by Crippen LogP contribution is 2.23. The molecule has 1 aliphatic heterocycles. The second-order valence-electron chi connectivity index (χ2n) is 8.66. The highest BCUT2D eigenvalue weighted by Gasteiger charge is 2.25. The number of piperazine rings is 1. The third-order valence-electron chi connectivity index (χ3n) is 6.48. The Balaban J connectivity index is 1.46. The average Bonchev–Trinajstić information content (AvgIpc) is 3.20. The Hall–Kier alpha value is -3.65. The van der Waals surface area contributed by atoms with Crippen LogP contribution in [0.4, 0.5) is 5.95 Å². The van der Waals surface area contributed by atoms with E-state index in [0.717, 1.165) is 44.2 Å². The number of imidazole rings is 1. The van der Waals surface area contributed by atoms with Gasteiger partial charge in [-0.25, -0.2) is 4.79 Å². The highest BCUT2D eigenvalue weighted by molar-refractivity contribution is 5.74. The van der Waals surface area contributed by atoms with Crippen LogP contribution in [0.5, 0.6) is 0 Å². The van der Waals surface area contributed by atoms with E-state index in [2.05, 4.69) is 46.0 Å². The topological polar surface area (TPSA) is 79.2 Å². The zero-order valence-electron chi connectivity index (χ0n) is 19.0. The third-order valence-corrected chi connectivity index (χ3v) is 6.48. The lowest BCUT2D eigenvalue weighted by Crippen LogP contribution is -2.47. The molecule has 0 bridgehead atoms. The quantitative estimate of drug-likeness (QED) is 0.510. The molecule has 0 spiro atoms. The van der Waals surface area contributed by atoms with E-state index in [9.17, 15) is 9.59 Å². The van der Waals surface area contributed by atoms with E-state index in [4.69, 9.17) is 4.98 Å². The number of fused-ring (bicyclic) bond motifs is 1. The van der Waals surface area contributed by atoms with E-state index in [1.165, 1.54) is 15.7 Å². The summed E-state index contributed by atoms with van der Waals surface area (Å²) in [7, 11) is 1.64. The van der Waals surface area contributed by atoms with Crippen molar-refractivity contribution in [3.05, 3.63) is 92.1 Å². The summed E-state index contributed by atoms with van der Waals surface area (Å²) in [6.45, 7) is 6.99. The molecule has 0 atom stereocenters. The summed E-state index contributed by atoms with van der Waals surface area (Å²) in [5.41, 5.74) is 3.72. The predicted molar refractivity (Wildman–Crippen MR) is 130 cm³/mol. The van der Waals surface area contributed by atoms with Gasteiger partial charge < -0.3 is 4.90 Å². The molecule has 170 valence electrons. The fourth-order valence-electron chi connectivity index (χ4n) is 4.51. The van der Waals surface area contributed by atoms with Gasteiger partial charge in [-0.05, 0) is 23.6 Å². The lowest BCUT2D eigenvalue weighted by atomic mass is 10.1. The molecule has 8 nitrogen and oxygen atoms in total. The van der Waals surface area contributed by atoms with Gasteiger partial charge in [-0.15, -0.1) is 0 Å². The van der Waals surface area contributed by atoms with Gasteiger partial charge in [0.2, 0.25) is 5.95 Å². The molecule has 0 aliphatic carbocycles. The van der Waals surface area contributed by atoms with Gasteiger partial charge in [-0.1, -0.05) is 54.6 Å². The Morgan fingerprint density at radius 2 is 1.61 bits per heavy atom. The van der Waals surface area contributed by atoms with Crippen LogP contribution in [0.3, 0.4) is 0 Å². The summed E-state index contributed by atoms with van der Waals surface area (Å²) in [5, 5.41) is 0. The number of anilines is 1. The SMILES string of the molecule is Cc1ccccc1CN1CCN(c2nc3c(c(=O)[nH]c(=O)n3C)n2Cc2ccccc2)CC1. The normalized spacial score (nSPS) is 14.8. The van der Waals surface area contributed by atoms with Crippen molar-refractivity contribution in [2.24, 2.45) is 7.05 Å². The molecule has 1 fully saturated rings. The Kier molecular flexibility index (Phi) is 5.60. The number of rotatable bonds is 5. The third kappa shape index (κ3) is 4.09. The first-order chi connectivity index (χ1) is 16.0. The van der Waals surface area contributed by atoms with Crippen molar-refractivity contribution in [1.29, 1.82) is 0 Å². The fraction of sp³-hybridized carbons (Fsp3) is 0.320. The molecular weight excluding hydrogens is 416 g/mol. The van der Waals surface area contributed by atoms with Gasteiger partial charge in [-0.2, -0.15) is 4.98 Å². The minimum Gasteiger partial charge on any atom is -0.340 e. The van der Waals surface area contributed by atoms with Crippen LogP contribution in [-0.4, -0.2) is 50.2 Å². The molecule has 8 heteroatoms. The first kappa shape index (κ1) is 21.2. The summed E-state index contributed by atoms with van der Waals surface area (Å²) in [5.74, 6) is 0.732. The van der Waals surface area contributed by atoms with Crippen LogP contribution in [0.1, 0.15) is 16.7 Å². The van der Waals surface area contributed by atoms with Crippen LogP contribution in [0.2, 0.25) is 0 Å². The number of aromatic amines is 1. The standard InChI is InChI=1S/C25H28N6O2/c1-18-8-6-7-11-20(18)17-29-12-14-30(15-13-29)24-26-22-21(23(32)27-25(33)28(22)2)31(24)16-19-9-4-3-5-10-19/h3-11H,12-17H2,1-2H3,(H,27,32,33). The molecule has 0 saturated carbocycles. The zero-order valence-corrected chi connectivity index (χ0v) is 19.0. The lowest BCUT2D eigenvalue weighted by molar-refractivity contribution is 0.248. The molecule has 0 radical (unpaired) electrons. The minimum atomic E-state index is -0.452. The van der Waals surface area contributed by atoms with E-state index in [-0.39, 0.29) is 0 Å². The van der Waals surface area contributed by atoms with Crippen molar-refractivity contribution < 1.29 is 0 Å². The summed E-state index contributed by atoms with van der Waals surface area (Å²) in [4.78, 5) is 36.9. The predicted octanol–water partition coefficient (Wildman–Crippen LogP) is 2.10. The molecule has 33 heavy (non-hydrogen) atoms. The Morgan fingerprint density at radius 3 is 2.33 bits per heavy atom. The molecule has 0 amide bonds. The average molecular weight is 445 g/mol. The van der Waals surface area contributed by atoms with Crippen molar-refractivity contribution in [2.75, 3.05) is 31.1 Å². The molecular formula is C25H28N6O2. The van der Waals surface area contributed by atoms with Gasteiger partial charge >= 0.3 is 5.69 Å². The van der Waals surface area contributed by atoms with Gasteiger partial charge in [0.25, 0.3) is 5.56 Å². The van der Waals surface area contributed by atoms with E-state index >= 15 is 0 Å². The summed E-state index contributed by atoms with van der Waals surface area (Å²) < 4.78 is 3.36. The number of aryl methyl sites for hydroxylation is 2. The largest absolute Gasteiger partial charge is 0.340 e. The molecule has 2 aromatic carbocycles. The number of H-pyrrole nitrogens is 1. The molecule has 5 rings (SSSR count). The van der Waals surface area contributed by atoms with Gasteiger partial charge in [0, 0.05) is 39.8 Å². The van der Waals surface area contributed by atoms with Gasteiger partial charge in [0.15, 0.2) is 11.2 Å². The summed E-state index contributed by atoms with van der Waals surface area (Å²) >= 11 is 0. The molecule has 4 aromatic rings. The van der Waals surface area contributed by atoms with Crippen molar-refractivity contribution in [3.8, 4) is 0 Å². The summed E-state index contributed by atoms with van der Waals surface area (Å²) in [6.07, 6.45) is 0. The van der Waals surface area contributed by atoms with E-state index < -0.39 is 11.2 Å². The van der Waals surface area contributed by atoms with Crippen molar-refractivity contribution in [1.82, 2.24) is 24.0 Å². The molecule has 1 saturated heterocycles. The molecule has 0 unspecified atom stereocenters. The van der Waals surface area contributed by atoms with Crippen LogP contribution in [0.25, 0.3) is 11.2 Å². The summed E-state index contributed by atoms with van der Waals surface area (Å²) in [6, 6.07) is 18.5. The van der Waals surface area contributed by atoms with Crippen LogP contribution < -0.4 is 16.1 Å². The molecule has 1 aliphatic rings. The van der Waals surface area contributed by atoms with Crippen molar-refractivity contribution in [2.45, 2.75) is 20.0 Å². The Morgan fingerprint density at radius 1 is 0.909 bits per heavy atom. The molecule has 3 heterocycles. The second kappa shape index (κ2) is 8.71. The first-order valence-electron chi connectivity index (χ1n) is 11.3. The van der Waals surface area contributed by atoms with Crippen LogP contribution in [0, 0.1) is 6.92 Å². The van der Waals surface area contributed by atoms with E-state index in [1.807, 2.05) is 34.9 Å². The molecule has 1 N–H and O–H groups in total. The Bertz CT molecular complexity index is 1390. The number of hydrogen-bond acceptors (Lipinski definition) is 5. The van der Waals surface area contributed by atoms with Crippen LogP contribution in [0.15, 0.2) is 64.2 Å². The van der Waals surface area contributed by atoms with Gasteiger partial charge in [-0.3, -0.25) is 23.8 Å². The van der Waals surface area contributed by atoms with Gasteiger partial charge in [0.05, 0.1) is 6.54 Å². The van der Waals surface area contributed by atoms with Crippen molar-refractivity contribution >= 4 is 17.1 Å². The number of nitrogens with zero attached hydrogens (tertiary/aromatic N) is 5. The fourth-order valence-corrected chi connectivity index (χ4v) is 4.51. The molecule has 2 aromatic heterocycles. The monoisotopic (exact) mass is 444 g/mol. The smallest absolute Gasteiger partial charge is 0.329 e. The number of nitrogens with one attached hydrogen (secondary N) is 1. The van der Waals surface area contributed by atoms with E-state index in [1.54, 1.807) is 7.05 Å². The second-order valence-corrected chi connectivity index (χ2v) is 8.66. The number of benzene rings is 2. The highest BCUT2D eigenvalue weighted by atomic mass is 16.2. The maximum atomic E-state index is 12.8. The first-order valence-corrected chi connectivity index (χ1v) is 11.3. The maximum Gasteiger partial charge on any atom is 0.329 e. The lowest BCUT2D eigenvalue weighted by Gasteiger charge is -2.35. The Labute approximate surface area is 191 Å².